The molecule has 0 spiro atoms. The van der Waals surface area contributed by atoms with Crippen LogP contribution in [0.3, 0.4) is 0 Å². The Hall–Kier alpha value is -1.96. The summed E-state index contributed by atoms with van der Waals surface area (Å²) < 4.78 is 0.426. The highest BCUT2D eigenvalue weighted by molar-refractivity contribution is 8.26. The molecule has 2 heterocycles. The van der Waals surface area contributed by atoms with Crippen molar-refractivity contribution < 1.29 is 9.59 Å². The summed E-state index contributed by atoms with van der Waals surface area (Å²) in [6.45, 7) is 6.43. The standard InChI is InChI=1S/C21H22N2O2S3/c1-21(2,3)23(13-15-8-5-4-6-9-15)18(24)14-22-19(25)17(28-20(22)26)12-16-10-7-11-27-16/h4-12H,13-14H2,1-3H3/b17-12+. The van der Waals surface area contributed by atoms with Gasteiger partial charge in [0, 0.05) is 17.0 Å². The first-order valence-electron chi connectivity index (χ1n) is 8.89. The van der Waals surface area contributed by atoms with Gasteiger partial charge in [-0.1, -0.05) is 60.4 Å². The first kappa shape index (κ1) is 20.8. The predicted octanol–water partition coefficient (Wildman–Crippen LogP) is 4.78. The fourth-order valence-corrected chi connectivity index (χ4v) is 4.80. The van der Waals surface area contributed by atoms with Crippen LogP contribution < -0.4 is 0 Å². The first-order chi connectivity index (χ1) is 13.3. The van der Waals surface area contributed by atoms with Crippen LogP contribution in [0.25, 0.3) is 6.08 Å². The molecule has 7 heteroatoms. The Balaban J connectivity index is 1.76. The van der Waals surface area contributed by atoms with Gasteiger partial charge in [0.2, 0.25) is 5.91 Å². The van der Waals surface area contributed by atoms with Gasteiger partial charge in [0.25, 0.3) is 5.91 Å². The lowest BCUT2D eigenvalue weighted by Crippen LogP contribution is -2.49. The van der Waals surface area contributed by atoms with Crippen molar-refractivity contribution >= 4 is 57.5 Å². The minimum Gasteiger partial charge on any atom is -0.332 e. The van der Waals surface area contributed by atoms with E-state index in [1.807, 2.05) is 74.7 Å². The molecule has 0 N–H and O–H groups in total. The number of thioether (sulfide) groups is 1. The number of benzene rings is 1. The lowest BCUT2D eigenvalue weighted by Gasteiger charge is -2.36. The van der Waals surface area contributed by atoms with Crippen LogP contribution in [0, 0.1) is 0 Å². The summed E-state index contributed by atoms with van der Waals surface area (Å²) in [7, 11) is 0. The molecule has 1 fully saturated rings. The van der Waals surface area contributed by atoms with Crippen LogP contribution in [0.1, 0.15) is 31.2 Å². The van der Waals surface area contributed by atoms with Crippen molar-refractivity contribution in [1.82, 2.24) is 9.80 Å². The third-order valence-electron chi connectivity index (χ3n) is 4.28. The average Bonchev–Trinajstić information content (AvgIpc) is 3.24. The van der Waals surface area contributed by atoms with E-state index in [9.17, 15) is 9.59 Å². The molecule has 3 rings (SSSR count). The molecular weight excluding hydrogens is 408 g/mol. The van der Waals surface area contributed by atoms with Crippen LogP contribution in [0.2, 0.25) is 0 Å². The SMILES string of the molecule is CC(C)(C)N(Cc1ccccc1)C(=O)CN1C(=O)/C(=C\c2cccs2)SC1=S. The molecule has 1 aromatic heterocycles. The Kier molecular flexibility index (Phi) is 6.37. The Morgan fingerprint density at radius 1 is 1.18 bits per heavy atom. The van der Waals surface area contributed by atoms with Gasteiger partial charge in [-0.3, -0.25) is 14.5 Å². The van der Waals surface area contributed by atoms with Gasteiger partial charge in [-0.2, -0.15) is 0 Å². The van der Waals surface area contributed by atoms with Crippen LogP contribution >= 0.6 is 35.3 Å². The van der Waals surface area contributed by atoms with Crippen molar-refractivity contribution in [2.75, 3.05) is 6.54 Å². The molecule has 2 amide bonds. The average molecular weight is 431 g/mol. The van der Waals surface area contributed by atoms with Gasteiger partial charge in [0.1, 0.15) is 10.9 Å². The van der Waals surface area contributed by atoms with Gasteiger partial charge < -0.3 is 4.90 Å². The van der Waals surface area contributed by atoms with Gasteiger partial charge in [-0.25, -0.2) is 0 Å². The van der Waals surface area contributed by atoms with Gasteiger partial charge in [-0.15, -0.1) is 11.3 Å². The topological polar surface area (TPSA) is 40.6 Å². The third kappa shape index (κ3) is 4.90. The molecule has 0 aliphatic carbocycles. The van der Waals surface area contributed by atoms with E-state index in [2.05, 4.69) is 0 Å². The third-order valence-corrected chi connectivity index (χ3v) is 6.47. The van der Waals surface area contributed by atoms with E-state index in [-0.39, 0.29) is 23.9 Å². The smallest absolute Gasteiger partial charge is 0.266 e. The summed E-state index contributed by atoms with van der Waals surface area (Å²) in [6.07, 6.45) is 1.83. The molecule has 2 aromatic rings. The lowest BCUT2D eigenvalue weighted by molar-refractivity contribution is -0.140. The molecule has 0 radical (unpaired) electrons. The Morgan fingerprint density at radius 2 is 1.89 bits per heavy atom. The summed E-state index contributed by atoms with van der Waals surface area (Å²) in [5.41, 5.74) is 0.675. The Bertz CT molecular complexity index is 899. The van der Waals surface area contributed by atoms with Crippen molar-refractivity contribution in [2.45, 2.75) is 32.9 Å². The highest BCUT2D eigenvalue weighted by Gasteiger charge is 2.36. The zero-order valence-corrected chi connectivity index (χ0v) is 18.5. The summed E-state index contributed by atoms with van der Waals surface area (Å²) >= 11 is 8.19. The molecule has 1 aliphatic heterocycles. The lowest BCUT2D eigenvalue weighted by atomic mass is 10.0. The number of carbonyl (C=O) groups excluding carboxylic acids is 2. The van der Waals surface area contributed by atoms with E-state index in [4.69, 9.17) is 12.2 Å². The van der Waals surface area contributed by atoms with Gasteiger partial charge in [0.15, 0.2) is 0 Å². The van der Waals surface area contributed by atoms with Crippen LogP contribution in [-0.2, 0) is 16.1 Å². The number of hydrogen-bond donors (Lipinski definition) is 0. The fourth-order valence-electron chi connectivity index (χ4n) is 2.82. The molecule has 4 nitrogen and oxygen atoms in total. The molecule has 1 aromatic carbocycles. The number of thiocarbonyl (C=S) groups is 1. The summed E-state index contributed by atoms with van der Waals surface area (Å²) in [5.74, 6) is -0.324. The van der Waals surface area contributed by atoms with E-state index >= 15 is 0 Å². The largest absolute Gasteiger partial charge is 0.332 e. The van der Waals surface area contributed by atoms with Crippen LogP contribution in [0.4, 0.5) is 0 Å². The van der Waals surface area contributed by atoms with Crippen molar-refractivity contribution in [3.63, 3.8) is 0 Å². The van der Waals surface area contributed by atoms with Crippen molar-refractivity contribution in [2.24, 2.45) is 0 Å². The molecule has 0 unspecified atom stereocenters. The molecule has 146 valence electrons. The molecule has 28 heavy (non-hydrogen) atoms. The number of carbonyl (C=O) groups is 2. The van der Waals surface area contributed by atoms with E-state index in [1.165, 1.54) is 16.7 Å². The van der Waals surface area contributed by atoms with E-state index in [0.717, 1.165) is 10.4 Å². The monoisotopic (exact) mass is 430 g/mol. The van der Waals surface area contributed by atoms with E-state index in [0.29, 0.717) is 15.8 Å². The number of thiophene rings is 1. The maximum Gasteiger partial charge on any atom is 0.266 e. The highest BCUT2D eigenvalue weighted by Crippen LogP contribution is 2.33. The molecular formula is C21H22N2O2S3. The number of hydrogen-bond acceptors (Lipinski definition) is 5. The second-order valence-electron chi connectivity index (χ2n) is 7.42. The minimum absolute atomic E-state index is 0.0451. The first-order valence-corrected chi connectivity index (χ1v) is 11.0. The van der Waals surface area contributed by atoms with E-state index < -0.39 is 0 Å². The van der Waals surface area contributed by atoms with Crippen molar-refractivity contribution in [3.05, 3.63) is 63.2 Å². The molecule has 0 saturated carbocycles. The number of rotatable bonds is 5. The zero-order valence-electron chi connectivity index (χ0n) is 16.0. The molecule has 1 saturated heterocycles. The Morgan fingerprint density at radius 3 is 2.50 bits per heavy atom. The second-order valence-corrected chi connectivity index (χ2v) is 10.1. The zero-order chi connectivity index (χ0) is 20.3. The quantitative estimate of drug-likeness (QED) is 0.506. The summed E-state index contributed by atoms with van der Waals surface area (Å²) in [6, 6.07) is 13.7. The molecule has 0 bridgehead atoms. The normalized spacial score (nSPS) is 16.1. The van der Waals surface area contributed by atoms with Crippen LogP contribution in [0.15, 0.2) is 52.7 Å². The highest BCUT2D eigenvalue weighted by atomic mass is 32.2. The van der Waals surface area contributed by atoms with Crippen molar-refractivity contribution in [1.29, 1.82) is 0 Å². The predicted molar refractivity (Wildman–Crippen MR) is 121 cm³/mol. The minimum atomic E-state index is -0.375. The number of nitrogens with zero attached hydrogens (tertiary/aromatic N) is 2. The Labute approximate surface area is 179 Å². The summed E-state index contributed by atoms with van der Waals surface area (Å²) in [4.78, 5) is 30.7. The van der Waals surface area contributed by atoms with Crippen LogP contribution in [0.5, 0.6) is 0 Å². The molecule has 0 atom stereocenters. The van der Waals surface area contributed by atoms with Crippen LogP contribution in [-0.4, -0.2) is 38.0 Å². The maximum absolute atomic E-state index is 13.1. The van der Waals surface area contributed by atoms with Crippen molar-refractivity contribution in [3.8, 4) is 0 Å². The van der Waals surface area contributed by atoms with Gasteiger partial charge in [-0.05, 0) is 43.9 Å². The fraction of sp³-hybridized carbons (Fsp3) is 0.286. The van der Waals surface area contributed by atoms with Gasteiger partial charge >= 0.3 is 0 Å². The molecule has 1 aliphatic rings. The maximum atomic E-state index is 13.1. The van der Waals surface area contributed by atoms with Gasteiger partial charge in [0.05, 0.1) is 4.91 Å². The summed E-state index contributed by atoms with van der Waals surface area (Å²) in [5, 5.41) is 1.96. The number of amides is 2. The second kappa shape index (κ2) is 8.59. The van der Waals surface area contributed by atoms with E-state index in [1.54, 1.807) is 16.2 Å².